The molecule has 16 heavy (non-hydrogen) atoms. The maximum atomic E-state index is 11.6. The SMILES string of the molecule is CCOC(=O)[C@H](OC(C)=O)C1=CCCCC1. The fourth-order valence-corrected chi connectivity index (χ4v) is 1.76. The molecule has 4 nitrogen and oxygen atoms in total. The second kappa shape index (κ2) is 6.30. The van der Waals surface area contributed by atoms with Crippen molar-refractivity contribution in [3.05, 3.63) is 11.6 Å². The molecule has 0 fully saturated rings. The van der Waals surface area contributed by atoms with Crippen molar-refractivity contribution < 1.29 is 19.1 Å². The van der Waals surface area contributed by atoms with Gasteiger partial charge in [-0.15, -0.1) is 0 Å². The Morgan fingerprint density at radius 2 is 2.19 bits per heavy atom. The topological polar surface area (TPSA) is 52.6 Å². The minimum atomic E-state index is -0.835. The number of ether oxygens (including phenoxy) is 2. The summed E-state index contributed by atoms with van der Waals surface area (Å²) in [7, 11) is 0. The Balaban J connectivity index is 2.72. The summed E-state index contributed by atoms with van der Waals surface area (Å²) in [6, 6.07) is 0. The second-order valence-corrected chi connectivity index (χ2v) is 3.77. The summed E-state index contributed by atoms with van der Waals surface area (Å²) in [6.45, 7) is 3.33. The molecule has 0 aromatic rings. The van der Waals surface area contributed by atoms with Crippen molar-refractivity contribution in [3.63, 3.8) is 0 Å². The van der Waals surface area contributed by atoms with Crippen LogP contribution in [0.2, 0.25) is 0 Å². The molecule has 1 aliphatic rings. The van der Waals surface area contributed by atoms with E-state index in [4.69, 9.17) is 9.47 Å². The van der Waals surface area contributed by atoms with E-state index in [9.17, 15) is 9.59 Å². The first-order valence-electron chi connectivity index (χ1n) is 5.68. The zero-order chi connectivity index (χ0) is 12.0. The smallest absolute Gasteiger partial charge is 0.351 e. The lowest BCUT2D eigenvalue weighted by molar-refractivity contribution is -0.163. The van der Waals surface area contributed by atoms with Crippen LogP contribution in [-0.4, -0.2) is 24.6 Å². The van der Waals surface area contributed by atoms with Crippen molar-refractivity contribution in [1.82, 2.24) is 0 Å². The normalized spacial score (nSPS) is 17.2. The van der Waals surface area contributed by atoms with Crippen LogP contribution in [0.4, 0.5) is 0 Å². The molecule has 1 rings (SSSR count). The molecule has 0 radical (unpaired) electrons. The van der Waals surface area contributed by atoms with E-state index in [1.807, 2.05) is 6.08 Å². The Bertz CT molecular complexity index is 293. The van der Waals surface area contributed by atoms with Crippen LogP contribution in [0.15, 0.2) is 11.6 Å². The molecule has 0 amide bonds. The highest BCUT2D eigenvalue weighted by Crippen LogP contribution is 2.23. The van der Waals surface area contributed by atoms with Crippen LogP contribution in [0.1, 0.15) is 39.5 Å². The Labute approximate surface area is 95.6 Å². The average molecular weight is 226 g/mol. The average Bonchev–Trinajstić information content (AvgIpc) is 2.27. The van der Waals surface area contributed by atoms with E-state index in [1.54, 1.807) is 6.92 Å². The van der Waals surface area contributed by atoms with Crippen LogP contribution in [0.5, 0.6) is 0 Å². The van der Waals surface area contributed by atoms with Crippen LogP contribution in [0, 0.1) is 0 Å². The minimum absolute atomic E-state index is 0.296. The Hall–Kier alpha value is -1.32. The van der Waals surface area contributed by atoms with Gasteiger partial charge in [0.2, 0.25) is 6.10 Å². The lowest BCUT2D eigenvalue weighted by Gasteiger charge is -2.21. The van der Waals surface area contributed by atoms with Gasteiger partial charge in [0.1, 0.15) is 0 Å². The highest BCUT2D eigenvalue weighted by molar-refractivity contribution is 5.81. The van der Waals surface area contributed by atoms with Crippen molar-refractivity contribution >= 4 is 11.9 Å². The van der Waals surface area contributed by atoms with E-state index in [0.717, 1.165) is 31.3 Å². The van der Waals surface area contributed by atoms with Crippen molar-refractivity contribution in [2.24, 2.45) is 0 Å². The van der Waals surface area contributed by atoms with E-state index in [1.165, 1.54) is 6.92 Å². The van der Waals surface area contributed by atoms with E-state index in [2.05, 4.69) is 0 Å². The van der Waals surface area contributed by atoms with Gasteiger partial charge in [-0.25, -0.2) is 4.79 Å². The molecular formula is C12H18O4. The van der Waals surface area contributed by atoms with Crippen LogP contribution in [-0.2, 0) is 19.1 Å². The number of carbonyl (C=O) groups is 2. The summed E-state index contributed by atoms with van der Waals surface area (Å²) in [5, 5.41) is 0. The summed E-state index contributed by atoms with van der Waals surface area (Å²) in [5.41, 5.74) is 0.875. The second-order valence-electron chi connectivity index (χ2n) is 3.77. The lowest BCUT2D eigenvalue weighted by Crippen LogP contribution is -2.31. The molecule has 0 heterocycles. The molecule has 0 aromatic heterocycles. The maximum absolute atomic E-state index is 11.6. The molecule has 0 saturated carbocycles. The third-order valence-electron chi connectivity index (χ3n) is 2.45. The monoisotopic (exact) mass is 226 g/mol. The van der Waals surface area contributed by atoms with Gasteiger partial charge in [-0.2, -0.15) is 0 Å². The molecule has 0 N–H and O–H groups in total. The first-order chi connectivity index (χ1) is 7.65. The highest BCUT2D eigenvalue weighted by Gasteiger charge is 2.27. The third kappa shape index (κ3) is 3.68. The summed E-state index contributed by atoms with van der Waals surface area (Å²) in [5.74, 6) is -0.921. The summed E-state index contributed by atoms with van der Waals surface area (Å²) < 4.78 is 9.92. The van der Waals surface area contributed by atoms with Gasteiger partial charge in [0.25, 0.3) is 0 Å². The molecule has 0 bridgehead atoms. The summed E-state index contributed by atoms with van der Waals surface area (Å²) >= 11 is 0. The van der Waals surface area contributed by atoms with Crippen molar-refractivity contribution in [3.8, 4) is 0 Å². The number of hydrogen-bond donors (Lipinski definition) is 0. The van der Waals surface area contributed by atoms with Gasteiger partial charge >= 0.3 is 11.9 Å². The number of carbonyl (C=O) groups excluding carboxylic acids is 2. The lowest BCUT2D eigenvalue weighted by atomic mass is 9.95. The minimum Gasteiger partial charge on any atom is -0.463 e. The van der Waals surface area contributed by atoms with Gasteiger partial charge in [-0.05, 0) is 38.2 Å². The quantitative estimate of drug-likeness (QED) is 0.543. The van der Waals surface area contributed by atoms with Crippen molar-refractivity contribution in [1.29, 1.82) is 0 Å². The Morgan fingerprint density at radius 3 is 2.69 bits per heavy atom. The van der Waals surface area contributed by atoms with Crippen LogP contribution in [0.25, 0.3) is 0 Å². The standard InChI is InChI=1S/C12H18O4/c1-3-15-12(14)11(16-9(2)13)10-7-5-4-6-8-10/h7,11H,3-6,8H2,1-2H3/t11-/m1/s1. The molecule has 0 saturated heterocycles. The van der Waals surface area contributed by atoms with Gasteiger partial charge in [0.15, 0.2) is 0 Å². The molecule has 4 heteroatoms. The van der Waals surface area contributed by atoms with Gasteiger partial charge in [-0.3, -0.25) is 4.79 Å². The Kier molecular flexibility index (Phi) is 5.02. The Morgan fingerprint density at radius 1 is 1.44 bits per heavy atom. The highest BCUT2D eigenvalue weighted by atomic mass is 16.6. The molecule has 0 aromatic carbocycles. The molecule has 1 atom stereocenters. The first kappa shape index (κ1) is 12.7. The van der Waals surface area contributed by atoms with Gasteiger partial charge < -0.3 is 9.47 Å². The predicted molar refractivity (Wildman–Crippen MR) is 58.7 cm³/mol. The molecule has 90 valence electrons. The van der Waals surface area contributed by atoms with E-state index < -0.39 is 18.0 Å². The van der Waals surface area contributed by atoms with Crippen LogP contribution >= 0.6 is 0 Å². The maximum Gasteiger partial charge on any atom is 0.351 e. The number of rotatable bonds is 4. The third-order valence-corrected chi connectivity index (χ3v) is 2.45. The number of hydrogen-bond acceptors (Lipinski definition) is 4. The van der Waals surface area contributed by atoms with Crippen molar-refractivity contribution in [2.75, 3.05) is 6.61 Å². The van der Waals surface area contributed by atoms with Crippen LogP contribution < -0.4 is 0 Å². The zero-order valence-corrected chi connectivity index (χ0v) is 9.82. The van der Waals surface area contributed by atoms with E-state index >= 15 is 0 Å². The van der Waals surface area contributed by atoms with Crippen LogP contribution in [0.3, 0.4) is 0 Å². The largest absolute Gasteiger partial charge is 0.463 e. The van der Waals surface area contributed by atoms with E-state index in [-0.39, 0.29) is 0 Å². The zero-order valence-electron chi connectivity index (χ0n) is 9.82. The van der Waals surface area contributed by atoms with Gasteiger partial charge in [0.05, 0.1) is 6.61 Å². The predicted octanol–water partition coefficient (Wildman–Crippen LogP) is 1.98. The molecule has 0 unspecified atom stereocenters. The molecule has 0 spiro atoms. The van der Waals surface area contributed by atoms with Gasteiger partial charge in [0, 0.05) is 6.92 Å². The molecule has 1 aliphatic carbocycles. The summed E-state index contributed by atoms with van der Waals surface area (Å²) in [6.07, 6.45) is 5.04. The number of allylic oxidation sites excluding steroid dienone is 1. The first-order valence-corrected chi connectivity index (χ1v) is 5.68. The van der Waals surface area contributed by atoms with Crippen molar-refractivity contribution in [2.45, 2.75) is 45.6 Å². The molecular weight excluding hydrogens is 208 g/mol. The number of esters is 2. The summed E-state index contributed by atoms with van der Waals surface area (Å²) in [4.78, 5) is 22.6. The fraction of sp³-hybridized carbons (Fsp3) is 0.667. The molecule has 0 aliphatic heterocycles. The fourth-order valence-electron chi connectivity index (χ4n) is 1.76. The van der Waals surface area contributed by atoms with Gasteiger partial charge in [-0.1, -0.05) is 6.08 Å². The van der Waals surface area contributed by atoms with E-state index in [0.29, 0.717) is 6.61 Å².